The molecule has 0 aliphatic rings. The highest BCUT2D eigenvalue weighted by molar-refractivity contribution is 7.93. The fraction of sp³-hybridized carbons (Fsp3) is 0.118. The van der Waals surface area contributed by atoms with Crippen LogP contribution in [0.3, 0.4) is 0 Å². The minimum atomic E-state index is -3.69. The lowest BCUT2D eigenvalue weighted by Crippen LogP contribution is -2.14. The van der Waals surface area contributed by atoms with Crippen molar-refractivity contribution in [2.45, 2.75) is 18.7 Å². The quantitative estimate of drug-likeness (QED) is 0.803. The topological polar surface area (TPSA) is 59.1 Å². The number of aryl methyl sites for hydroxylation is 2. The van der Waals surface area contributed by atoms with Crippen LogP contribution in [0.1, 0.15) is 11.1 Å². The second-order valence-corrected chi connectivity index (χ2v) is 6.96. The summed E-state index contributed by atoms with van der Waals surface area (Å²) in [6, 6.07) is 14.4. The molecule has 0 unspecified atom stereocenters. The van der Waals surface area contributed by atoms with Gasteiger partial charge in [0.05, 0.1) is 5.52 Å². The second kappa shape index (κ2) is 5.42. The molecule has 3 rings (SSSR count). The van der Waals surface area contributed by atoms with E-state index < -0.39 is 10.0 Å². The third kappa shape index (κ3) is 2.80. The third-order valence-corrected chi connectivity index (χ3v) is 4.77. The summed E-state index contributed by atoms with van der Waals surface area (Å²) in [4.78, 5) is 4.39. The van der Waals surface area contributed by atoms with Gasteiger partial charge in [-0.1, -0.05) is 24.3 Å². The molecule has 0 fully saturated rings. The zero-order valence-electron chi connectivity index (χ0n) is 12.4. The van der Waals surface area contributed by atoms with Crippen LogP contribution in [-0.4, -0.2) is 13.4 Å². The Morgan fingerprint density at radius 3 is 2.36 bits per heavy atom. The zero-order chi connectivity index (χ0) is 15.7. The van der Waals surface area contributed by atoms with E-state index in [1.54, 1.807) is 24.4 Å². The minimum absolute atomic E-state index is 0.185. The van der Waals surface area contributed by atoms with Gasteiger partial charge < -0.3 is 0 Å². The van der Waals surface area contributed by atoms with Gasteiger partial charge in [0, 0.05) is 17.3 Å². The highest BCUT2D eigenvalue weighted by Gasteiger charge is 2.18. The van der Waals surface area contributed by atoms with Crippen molar-refractivity contribution in [2.75, 3.05) is 4.72 Å². The molecule has 0 saturated heterocycles. The number of benzene rings is 2. The van der Waals surface area contributed by atoms with Crippen molar-refractivity contribution < 1.29 is 8.42 Å². The monoisotopic (exact) mass is 312 g/mol. The number of hydrogen-bond acceptors (Lipinski definition) is 3. The zero-order valence-corrected chi connectivity index (χ0v) is 13.2. The van der Waals surface area contributed by atoms with Crippen LogP contribution in [0.15, 0.2) is 59.6 Å². The average molecular weight is 312 g/mol. The Morgan fingerprint density at radius 1 is 0.955 bits per heavy atom. The molecule has 0 radical (unpaired) electrons. The van der Waals surface area contributed by atoms with Crippen LogP contribution in [0, 0.1) is 13.8 Å². The number of pyridine rings is 1. The van der Waals surface area contributed by atoms with Gasteiger partial charge in [-0.05, 0) is 49.2 Å². The number of fused-ring (bicyclic) bond motifs is 1. The first-order valence-corrected chi connectivity index (χ1v) is 8.39. The Balaban J connectivity index is 2.09. The molecule has 0 atom stereocenters. The van der Waals surface area contributed by atoms with Crippen LogP contribution < -0.4 is 4.72 Å². The summed E-state index contributed by atoms with van der Waals surface area (Å²) >= 11 is 0. The van der Waals surface area contributed by atoms with Gasteiger partial charge in [-0.15, -0.1) is 0 Å². The Hall–Kier alpha value is -2.40. The molecule has 4 nitrogen and oxygen atoms in total. The lowest BCUT2D eigenvalue weighted by molar-refractivity contribution is 0.602. The van der Waals surface area contributed by atoms with E-state index in [1.807, 2.05) is 44.2 Å². The van der Waals surface area contributed by atoms with Crippen molar-refractivity contribution in [3.8, 4) is 0 Å². The predicted octanol–water partition coefficient (Wildman–Crippen LogP) is 3.65. The van der Waals surface area contributed by atoms with Crippen LogP contribution >= 0.6 is 0 Å². The van der Waals surface area contributed by atoms with Crippen LogP contribution in [0.25, 0.3) is 10.9 Å². The summed E-state index contributed by atoms with van der Waals surface area (Å²) in [6.45, 7) is 3.87. The van der Waals surface area contributed by atoms with Gasteiger partial charge in [0.25, 0.3) is 10.0 Å². The van der Waals surface area contributed by atoms with E-state index in [1.165, 1.54) is 0 Å². The standard InChI is InChI=1S/C17H16N2O2S/c1-12-9-13(2)11-15(10-12)19-22(20,21)16-7-3-5-14-6-4-8-18-17(14)16/h3-11,19H,1-2H3. The molecule has 2 aromatic carbocycles. The van der Waals surface area contributed by atoms with Gasteiger partial charge in [-0.2, -0.15) is 0 Å². The molecule has 5 heteroatoms. The van der Waals surface area contributed by atoms with Gasteiger partial charge in [0.1, 0.15) is 4.90 Å². The number of hydrogen-bond donors (Lipinski definition) is 1. The van der Waals surface area contributed by atoms with Gasteiger partial charge in [0.2, 0.25) is 0 Å². The first-order valence-electron chi connectivity index (χ1n) is 6.90. The normalized spacial score (nSPS) is 11.5. The minimum Gasteiger partial charge on any atom is -0.280 e. The Bertz CT molecular complexity index is 924. The fourth-order valence-corrected chi connectivity index (χ4v) is 3.76. The maximum absolute atomic E-state index is 12.7. The SMILES string of the molecule is Cc1cc(C)cc(NS(=O)(=O)c2cccc3cccnc23)c1. The number of rotatable bonds is 3. The van der Waals surface area contributed by atoms with Gasteiger partial charge >= 0.3 is 0 Å². The van der Waals surface area contributed by atoms with E-state index in [9.17, 15) is 8.42 Å². The van der Waals surface area contributed by atoms with Crippen LogP contribution in [0.4, 0.5) is 5.69 Å². The summed E-state index contributed by atoms with van der Waals surface area (Å²) in [7, 11) is -3.69. The molecule has 0 aliphatic heterocycles. The van der Waals surface area contributed by atoms with Crippen molar-refractivity contribution in [1.29, 1.82) is 0 Å². The average Bonchev–Trinajstić information content (AvgIpc) is 2.45. The summed E-state index contributed by atoms with van der Waals surface area (Å²) < 4.78 is 28.0. The third-order valence-electron chi connectivity index (χ3n) is 3.36. The maximum atomic E-state index is 12.7. The van der Waals surface area contributed by atoms with Crippen molar-refractivity contribution in [3.63, 3.8) is 0 Å². The molecule has 3 aromatic rings. The van der Waals surface area contributed by atoms with Gasteiger partial charge in [0.15, 0.2) is 0 Å². The highest BCUT2D eigenvalue weighted by atomic mass is 32.2. The summed E-state index contributed by atoms with van der Waals surface area (Å²) in [5, 5.41) is 0.797. The van der Waals surface area contributed by atoms with E-state index in [0.29, 0.717) is 11.2 Å². The van der Waals surface area contributed by atoms with E-state index in [2.05, 4.69) is 9.71 Å². The second-order valence-electron chi connectivity index (χ2n) is 5.31. The van der Waals surface area contributed by atoms with E-state index >= 15 is 0 Å². The largest absolute Gasteiger partial charge is 0.280 e. The predicted molar refractivity (Wildman–Crippen MR) is 88.5 cm³/mol. The number of nitrogens with one attached hydrogen (secondary N) is 1. The van der Waals surface area contributed by atoms with Gasteiger partial charge in [-0.3, -0.25) is 9.71 Å². The first-order chi connectivity index (χ1) is 10.5. The van der Waals surface area contributed by atoms with Gasteiger partial charge in [-0.25, -0.2) is 8.42 Å². The lowest BCUT2D eigenvalue weighted by Gasteiger charge is -2.11. The highest BCUT2D eigenvalue weighted by Crippen LogP contribution is 2.24. The molecule has 0 amide bonds. The van der Waals surface area contributed by atoms with Crippen molar-refractivity contribution in [1.82, 2.24) is 4.98 Å². The summed E-state index contributed by atoms with van der Waals surface area (Å²) in [5.41, 5.74) is 3.05. The van der Waals surface area contributed by atoms with E-state index in [-0.39, 0.29) is 4.90 Å². The number of para-hydroxylation sites is 1. The van der Waals surface area contributed by atoms with Crippen LogP contribution in [0.5, 0.6) is 0 Å². The fourth-order valence-electron chi connectivity index (χ4n) is 2.54. The van der Waals surface area contributed by atoms with Crippen molar-refractivity contribution >= 4 is 26.6 Å². The molecular formula is C17H16N2O2S. The Labute approximate surface area is 129 Å². The maximum Gasteiger partial charge on any atom is 0.264 e. The van der Waals surface area contributed by atoms with Crippen LogP contribution in [0.2, 0.25) is 0 Å². The number of aromatic nitrogens is 1. The molecule has 0 saturated carbocycles. The summed E-state index contributed by atoms with van der Waals surface area (Å²) in [5.74, 6) is 0. The van der Waals surface area contributed by atoms with Crippen molar-refractivity contribution in [2.24, 2.45) is 0 Å². The Kier molecular flexibility index (Phi) is 3.58. The molecule has 112 valence electrons. The molecule has 0 aliphatic carbocycles. The molecular weight excluding hydrogens is 296 g/mol. The lowest BCUT2D eigenvalue weighted by atomic mass is 10.1. The van der Waals surface area contributed by atoms with E-state index in [0.717, 1.165) is 16.5 Å². The summed E-state index contributed by atoms with van der Waals surface area (Å²) in [6.07, 6.45) is 1.60. The molecule has 0 spiro atoms. The molecule has 22 heavy (non-hydrogen) atoms. The molecule has 1 N–H and O–H groups in total. The number of sulfonamides is 1. The number of anilines is 1. The molecule has 1 aromatic heterocycles. The molecule has 0 bridgehead atoms. The number of nitrogens with zero attached hydrogens (tertiary/aromatic N) is 1. The molecule has 1 heterocycles. The Morgan fingerprint density at radius 2 is 1.64 bits per heavy atom. The van der Waals surface area contributed by atoms with Crippen molar-refractivity contribution in [3.05, 3.63) is 65.9 Å². The van der Waals surface area contributed by atoms with Crippen LogP contribution in [-0.2, 0) is 10.0 Å². The van der Waals surface area contributed by atoms with E-state index in [4.69, 9.17) is 0 Å². The first kappa shape index (κ1) is 14.5. The smallest absolute Gasteiger partial charge is 0.264 e.